The number of carbonyl (C=O) groups is 1. The van der Waals surface area contributed by atoms with Crippen molar-refractivity contribution in [1.29, 1.82) is 0 Å². The number of nitrogens with two attached hydrogens (primary N) is 1. The van der Waals surface area contributed by atoms with E-state index >= 15 is 0 Å². The van der Waals surface area contributed by atoms with Crippen molar-refractivity contribution in [3.63, 3.8) is 0 Å². The first-order valence-electron chi connectivity index (χ1n) is 9.65. The Morgan fingerprint density at radius 1 is 0.968 bits per heavy atom. The summed E-state index contributed by atoms with van der Waals surface area (Å²) in [4.78, 5) is 21.3. The number of rotatable bonds is 5. The molecule has 0 aliphatic carbocycles. The topological polar surface area (TPSA) is 99.4 Å². The fourth-order valence-electron chi connectivity index (χ4n) is 3.42. The average Bonchev–Trinajstić information content (AvgIpc) is 2.79. The highest BCUT2D eigenvalue weighted by Gasteiger charge is 2.14. The normalized spacial score (nSPS) is 10.7. The van der Waals surface area contributed by atoms with Crippen LogP contribution >= 0.6 is 0 Å². The summed E-state index contributed by atoms with van der Waals surface area (Å²) < 4.78 is 10.6. The van der Waals surface area contributed by atoms with E-state index in [1.807, 2.05) is 37.3 Å². The Labute approximate surface area is 179 Å². The fourth-order valence-corrected chi connectivity index (χ4v) is 3.42. The molecular weight excluding hydrogens is 392 g/mol. The molecule has 0 fully saturated rings. The maximum atomic E-state index is 13.0. The third-order valence-corrected chi connectivity index (χ3v) is 5.13. The number of methoxy groups -OCH3 is 2. The van der Waals surface area contributed by atoms with Crippen molar-refractivity contribution in [1.82, 2.24) is 9.97 Å². The first-order chi connectivity index (χ1) is 15.0. The summed E-state index contributed by atoms with van der Waals surface area (Å²) in [6, 6.07) is 16.6. The maximum absolute atomic E-state index is 13.0. The van der Waals surface area contributed by atoms with Crippen LogP contribution in [0.25, 0.3) is 22.0 Å². The molecule has 3 N–H and O–H groups in total. The number of hydrogen-bond donors (Lipinski definition) is 2. The molecule has 0 saturated heterocycles. The second kappa shape index (κ2) is 8.31. The van der Waals surface area contributed by atoms with Crippen LogP contribution in [0.1, 0.15) is 15.9 Å². The number of carbonyl (C=O) groups excluding carboxylic acids is 1. The first-order valence-corrected chi connectivity index (χ1v) is 9.65. The summed E-state index contributed by atoms with van der Waals surface area (Å²) in [6.07, 6.45) is 1.44. The van der Waals surface area contributed by atoms with Gasteiger partial charge in [-0.3, -0.25) is 4.79 Å². The van der Waals surface area contributed by atoms with Crippen molar-refractivity contribution in [3.05, 3.63) is 72.1 Å². The van der Waals surface area contributed by atoms with Crippen LogP contribution in [0.3, 0.4) is 0 Å². The molecule has 4 rings (SSSR count). The zero-order valence-corrected chi connectivity index (χ0v) is 17.5. The molecule has 31 heavy (non-hydrogen) atoms. The van der Waals surface area contributed by atoms with Crippen molar-refractivity contribution >= 4 is 28.3 Å². The molecule has 0 atom stereocenters. The molecule has 4 aromatic rings. The summed E-state index contributed by atoms with van der Waals surface area (Å²) in [5, 5.41) is 3.68. The highest BCUT2D eigenvalue weighted by atomic mass is 16.5. The van der Waals surface area contributed by atoms with Gasteiger partial charge in [0, 0.05) is 17.0 Å². The number of aromatic nitrogens is 2. The van der Waals surface area contributed by atoms with E-state index in [2.05, 4.69) is 15.3 Å². The van der Waals surface area contributed by atoms with Gasteiger partial charge >= 0.3 is 0 Å². The van der Waals surface area contributed by atoms with Crippen LogP contribution in [-0.2, 0) is 0 Å². The van der Waals surface area contributed by atoms with Crippen LogP contribution in [0.4, 0.5) is 11.5 Å². The Morgan fingerprint density at radius 2 is 1.81 bits per heavy atom. The third-order valence-electron chi connectivity index (χ3n) is 5.13. The third kappa shape index (κ3) is 3.98. The first kappa shape index (κ1) is 20.2. The molecule has 156 valence electrons. The monoisotopic (exact) mass is 414 g/mol. The van der Waals surface area contributed by atoms with E-state index in [0.29, 0.717) is 28.6 Å². The summed E-state index contributed by atoms with van der Waals surface area (Å²) >= 11 is 0. The van der Waals surface area contributed by atoms with E-state index in [4.69, 9.17) is 15.2 Å². The quantitative estimate of drug-likeness (QED) is 0.500. The Hall–Kier alpha value is -4.13. The molecule has 0 bridgehead atoms. The highest BCUT2D eigenvalue weighted by molar-refractivity contribution is 6.06. The van der Waals surface area contributed by atoms with E-state index in [0.717, 1.165) is 27.6 Å². The van der Waals surface area contributed by atoms with E-state index in [1.54, 1.807) is 38.5 Å². The van der Waals surface area contributed by atoms with E-state index < -0.39 is 0 Å². The van der Waals surface area contributed by atoms with E-state index in [-0.39, 0.29) is 5.91 Å². The van der Waals surface area contributed by atoms with Gasteiger partial charge in [0.15, 0.2) is 0 Å². The van der Waals surface area contributed by atoms with Gasteiger partial charge in [-0.25, -0.2) is 9.97 Å². The Balaban J connectivity index is 1.70. The van der Waals surface area contributed by atoms with Crippen LogP contribution in [0.2, 0.25) is 0 Å². The van der Waals surface area contributed by atoms with Crippen molar-refractivity contribution in [3.8, 4) is 22.6 Å². The molecule has 0 radical (unpaired) electrons. The van der Waals surface area contributed by atoms with Gasteiger partial charge in [-0.1, -0.05) is 12.1 Å². The SMILES string of the molecule is COc1ccc(OC)c(NC(=O)c2ccc(C)c(-c3ccc4ncnc(N)c4c3)c2)c1. The lowest BCUT2D eigenvalue weighted by molar-refractivity contribution is 0.102. The van der Waals surface area contributed by atoms with Crippen LogP contribution in [0.5, 0.6) is 11.5 Å². The molecule has 1 amide bonds. The number of ether oxygens (including phenoxy) is 2. The minimum Gasteiger partial charge on any atom is -0.497 e. The van der Waals surface area contributed by atoms with Crippen LogP contribution in [0, 0.1) is 6.92 Å². The van der Waals surface area contributed by atoms with Crippen molar-refractivity contribution in [2.75, 3.05) is 25.3 Å². The Kier molecular flexibility index (Phi) is 5.41. The molecule has 7 nitrogen and oxygen atoms in total. The summed E-state index contributed by atoms with van der Waals surface area (Å²) in [5.74, 6) is 1.34. The predicted molar refractivity (Wildman–Crippen MR) is 122 cm³/mol. The van der Waals surface area contributed by atoms with Gasteiger partial charge in [-0.2, -0.15) is 0 Å². The van der Waals surface area contributed by atoms with Gasteiger partial charge in [0.1, 0.15) is 23.6 Å². The summed E-state index contributed by atoms with van der Waals surface area (Å²) in [5.41, 5.74) is 10.7. The second-order valence-corrected chi connectivity index (χ2v) is 7.04. The van der Waals surface area contributed by atoms with Gasteiger partial charge in [-0.05, 0) is 60.0 Å². The predicted octanol–water partition coefficient (Wildman–Crippen LogP) is 4.46. The number of nitrogens with one attached hydrogen (secondary N) is 1. The standard InChI is InChI=1S/C24H22N4O3/c1-14-4-5-16(24(29)28-21-12-17(30-2)7-9-22(21)31-3)11-18(14)15-6-8-20-19(10-15)23(25)27-13-26-20/h4-13H,1-3H3,(H,28,29)(H2,25,26,27). The number of anilines is 2. The van der Waals surface area contributed by atoms with Gasteiger partial charge < -0.3 is 20.5 Å². The van der Waals surface area contributed by atoms with Crippen molar-refractivity contribution in [2.45, 2.75) is 6.92 Å². The van der Waals surface area contributed by atoms with Crippen LogP contribution < -0.4 is 20.5 Å². The van der Waals surface area contributed by atoms with Gasteiger partial charge in [-0.15, -0.1) is 0 Å². The number of nitrogen functional groups attached to an aromatic ring is 1. The van der Waals surface area contributed by atoms with Gasteiger partial charge in [0.2, 0.25) is 0 Å². The molecule has 0 aliphatic rings. The molecule has 0 spiro atoms. The zero-order chi connectivity index (χ0) is 22.0. The molecule has 7 heteroatoms. The smallest absolute Gasteiger partial charge is 0.255 e. The number of benzene rings is 3. The van der Waals surface area contributed by atoms with Crippen molar-refractivity contribution in [2.24, 2.45) is 0 Å². The molecule has 0 saturated carbocycles. The average molecular weight is 414 g/mol. The lowest BCUT2D eigenvalue weighted by Gasteiger charge is -2.13. The lowest BCUT2D eigenvalue weighted by Crippen LogP contribution is -2.13. The minimum atomic E-state index is -0.253. The number of amides is 1. The van der Waals surface area contributed by atoms with Crippen LogP contribution in [-0.4, -0.2) is 30.1 Å². The molecule has 1 aromatic heterocycles. The number of hydrogen-bond acceptors (Lipinski definition) is 6. The Bertz CT molecular complexity index is 1290. The number of nitrogens with zero attached hydrogens (tertiary/aromatic N) is 2. The summed E-state index contributed by atoms with van der Waals surface area (Å²) in [6.45, 7) is 2.00. The zero-order valence-electron chi connectivity index (χ0n) is 17.5. The van der Waals surface area contributed by atoms with Crippen molar-refractivity contribution < 1.29 is 14.3 Å². The number of fused-ring (bicyclic) bond motifs is 1. The fraction of sp³-hybridized carbons (Fsp3) is 0.125. The number of aryl methyl sites for hydroxylation is 1. The molecule has 0 aliphatic heterocycles. The van der Waals surface area contributed by atoms with Crippen LogP contribution in [0.15, 0.2) is 60.9 Å². The van der Waals surface area contributed by atoms with E-state index in [1.165, 1.54) is 6.33 Å². The minimum absolute atomic E-state index is 0.253. The summed E-state index contributed by atoms with van der Waals surface area (Å²) in [7, 11) is 3.12. The largest absolute Gasteiger partial charge is 0.497 e. The van der Waals surface area contributed by atoms with Gasteiger partial charge in [0.25, 0.3) is 5.91 Å². The lowest BCUT2D eigenvalue weighted by atomic mass is 9.96. The molecule has 0 unspecified atom stereocenters. The highest BCUT2D eigenvalue weighted by Crippen LogP contribution is 2.31. The molecular formula is C24H22N4O3. The molecule has 3 aromatic carbocycles. The Morgan fingerprint density at radius 3 is 2.58 bits per heavy atom. The van der Waals surface area contributed by atoms with E-state index in [9.17, 15) is 4.79 Å². The maximum Gasteiger partial charge on any atom is 0.255 e. The van der Waals surface area contributed by atoms with Gasteiger partial charge in [0.05, 0.1) is 25.4 Å². The molecule has 1 heterocycles. The second-order valence-electron chi connectivity index (χ2n) is 7.04.